The van der Waals surface area contributed by atoms with Crippen molar-refractivity contribution >= 4 is 12.6 Å². The molecule has 0 saturated carbocycles. The van der Waals surface area contributed by atoms with E-state index in [1.807, 2.05) is 30.3 Å². The molecule has 6 heteroatoms. The number of para-hydroxylation sites is 1. The van der Waals surface area contributed by atoms with E-state index in [4.69, 9.17) is 19.5 Å². The monoisotopic (exact) mass is 276 g/mol. The molecule has 20 heavy (non-hydrogen) atoms. The van der Waals surface area contributed by atoms with Gasteiger partial charge in [0.2, 0.25) is 0 Å². The van der Waals surface area contributed by atoms with Crippen LogP contribution >= 0.6 is 0 Å². The minimum atomic E-state index is -1.73. The van der Waals surface area contributed by atoms with E-state index < -0.39 is 12.9 Å². The number of benzene rings is 2. The van der Waals surface area contributed by atoms with Crippen molar-refractivity contribution < 1.29 is 23.9 Å². The molecule has 2 N–H and O–H groups in total. The van der Waals surface area contributed by atoms with Crippen LogP contribution in [-0.4, -0.2) is 30.4 Å². The first-order valence-corrected chi connectivity index (χ1v) is 6.12. The Bertz CT molecular complexity index is 548. The first-order chi connectivity index (χ1) is 9.65. The molecule has 0 unspecified atom stereocenters. The third-order valence-corrected chi connectivity index (χ3v) is 2.56. The van der Waals surface area contributed by atoms with Gasteiger partial charge in [0, 0.05) is 6.07 Å². The predicted molar refractivity (Wildman–Crippen MR) is 73.7 cm³/mol. The molecule has 2 aromatic rings. The molecule has 0 atom stereocenters. The van der Waals surface area contributed by atoms with Crippen molar-refractivity contribution in [2.45, 2.75) is 0 Å². The highest BCUT2D eigenvalue weighted by Gasteiger charge is 2.13. The normalized spacial score (nSPS) is 10.2. The maximum atomic E-state index is 13.2. The summed E-state index contributed by atoms with van der Waals surface area (Å²) >= 11 is 0. The number of hydrogen-bond donors (Lipinski definition) is 2. The summed E-state index contributed by atoms with van der Waals surface area (Å²) in [4.78, 5) is 0. The van der Waals surface area contributed by atoms with Gasteiger partial charge in [0.1, 0.15) is 30.5 Å². The Morgan fingerprint density at radius 2 is 1.55 bits per heavy atom. The molecule has 2 rings (SSSR count). The van der Waals surface area contributed by atoms with Crippen LogP contribution in [0.2, 0.25) is 0 Å². The van der Waals surface area contributed by atoms with E-state index in [0.717, 1.165) is 11.8 Å². The van der Waals surface area contributed by atoms with Crippen molar-refractivity contribution in [2.75, 3.05) is 13.2 Å². The lowest BCUT2D eigenvalue weighted by Crippen LogP contribution is -2.30. The zero-order chi connectivity index (χ0) is 14.4. The Morgan fingerprint density at radius 3 is 2.20 bits per heavy atom. The summed E-state index contributed by atoms with van der Waals surface area (Å²) < 4.78 is 24.0. The van der Waals surface area contributed by atoms with Gasteiger partial charge in [-0.05, 0) is 29.7 Å². The third-order valence-electron chi connectivity index (χ3n) is 2.56. The van der Waals surface area contributed by atoms with E-state index in [-0.39, 0.29) is 17.8 Å². The molecule has 0 heterocycles. The minimum absolute atomic E-state index is 0.0453. The highest BCUT2D eigenvalue weighted by Crippen LogP contribution is 2.12. The van der Waals surface area contributed by atoms with Crippen LogP contribution in [0.3, 0.4) is 0 Å². The van der Waals surface area contributed by atoms with Crippen LogP contribution in [0.4, 0.5) is 4.39 Å². The van der Waals surface area contributed by atoms with Gasteiger partial charge in [-0.2, -0.15) is 0 Å². The lowest BCUT2D eigenvalue weighted by Gasteiger charge is -2.09. The summed E-state index contributed by atoms with van der Waals surface area (Å²) in [6.07, 6.45) is 0. The second kappa shape index (κ2) is 6.93. The molecule has 0 amide bonds. The van der Waals surface area contributed by atoms with Gasteiger partial charge in [-0.1, -0.05) is 18.2 Å². The van der Waals surface area contributed by atoms with Crippen molar-refractivity contribution in [3.8, 4) is 11.5 Å². The number of hydrogen-bond acceptors (Lipinski definition) is 4. The van der Waals surface area contributed by atoms with Crippen LogP contribution in [-0.2, 0) is 0 Å². The van der Waals surface area contributed by atoms with Crippen molar-refractivity contribution in [3.63, 3.8) is 0 Å². The average molecular weight is 276 g/mol. The predicted octanol–water partition coefficient (Wildman–Crippen LogP) is 0.963. The van der Waals surface area contributed by atoms with Gasteiger partial charge in [-0.25, -0.2) is 4.39 Å². The van der Waals surface area contributed by atoms with E-state index in [9.17, 15) is 4.39 Å². The summed E-state index contributed by atoms with van der Waals surface area (Å²) in [6, 6.07) is 12.8. The molecule has 4 nitrogen and oxygen atoms in total. The van der Waals surface area contributed by atoms with Gasteiger partial charge in [0.15, 0.2) is 0 Å². The van der Waals surface area contributed by atoms with Gasteiger partial charge in [-0.3, -0.25) is 0 Å². The second-order valence-electron chi connectivity index (χ2n) is 4.10. The van der Waals surface area contributed by atoms with Crippen molar-refractivity contribution in [3.05, 3.63) is 54.3 Å². The Morgan fingerprint density at radius 1 is 0.900 bits per heavy atom. The molecule has 0 aliphatic heterocycles. The molecule has 0 spiro atoms. The highest BCUT2D eigenvalue weighted by atomic mass is 19.1. The van der Waals surface area contributed by atoms with Crippen LogP contribution < -0.4 is 14.9 Å². The minimum Gasteiger partial charge on any atom is -0.490 e. The van der Waals surface area contributed by atoms with E-state index >= 15 is 0 Å². The summed E-state index contributed by atoms with van der Waals surface area (Å²) in [5.74, 6) is 0.362. The van der Waals surface area contributed by atoms with Crippen LogP contribution in [0, 0.1) is 5.82 Å². The van der Waals surface area contributed by atoms with Crippen molar-refractivity contribution in [1.82, 2.24) is 0 Å². The molecule has 0 bridgehead atoms. The second-order valence-corrected chi connectivity index (χ2v) is 4.10. The molecule has 0 radical (unpaired) electrons. The SMILES string of the molecule is OB(O)c1cc(F)cc(OCCOc2ccccc2)c1. The fourth-order valence-electron chi connectivity index (χ4n) is 1.65. The van der Waals surface area contributed by atoms with E-state index in [1.54, 1.807) is 0 Å². The molecule has 2 aromatic carbocycles. The molecule has 104 valence electrons. The van der Waals surface area contributed by atoms with E-state index in [1.165, 1.54) is 12.1 Å². The third kappa shape index (κ3) is 4.26. The summed E-state index contributed by atoms with van der Waals surface area (Å²) in [7, 11) is -1.73. The number of halogens is 1. The van der Waals surface area contributed by atoms with Crippen LogP contribution in [0.1, 0.15) is 0 Å². The summed E-state index contributed by atoms with van der Waals surface area (Å²) in [6.45, 7) is 0.525. The average Bonchev–Trinajstić information content (AvgIpc) is 2.44. The molecular weight excluding hydrogens is 262 g/mol. The van der Waals surface area contributed by atoms with Gasteiger partial charge >= 0.3 is 7.12 Å². The largest absolute Gasteiger partial charge is 0.490 e. The van der Waals surface area contributed by atoms with Crippen LogP contribution in [0.5, 0.6) is 11.5 Å². The Balaban J connectivity index is 1.85. The van der Waals surface area contributed by atoms with Crippen molar-refractivity contribution in [2.24, 2.45) is 0 Å². The maximum Gasteiger partial charge on any atom is 0.488 e. The molecular formula is C14H14BFO4. The van der Waals surface area contributed by atoms with Crippen molar-refractivity contribution in [1.29, 1.82) is 0 Å². The quantitative estimate of drug-likeness (QED) is 0.609. The Hall–Kier alpha value is -2.05. The maximum absolute atomic E-state index is 13.2. The zero-order valence-corrected chi connectivity index (χ0v) is 10.7. The first-order valence-electron chi connectivity index (χ1n) is 6.12. The molecule has 0 saturated heterocycles. The Kier molecular flexibility index (Phi) is 4.98. The lowest BCUT2D eigenvalue weighted by atomic mass is 9.80. The summed E-state index contributed by atoms with van der Waals surface area (Å²) in [5.41, 5.74) is 0.0453. The Labute approximate surface area is 116 Å². The molecule has 0 aromatic heterocycles. The number of rotatable bonds is 6. The van der Waals surface area contributed by atoms with Crippen LogP contribution in [0.25, 0.3) is 0 Å². The first kappa shape index (κ1) is 14.4. The number of ether oxygens (including phenoxy) is 2. The smallest absolute Gasteiger partial charge is 0.488 e. The molecule has 0 aliphatic carbocycles. The van der Waals surface area contributed by atoms with Gasteiger partial charge in [0.05, 0.1) is 0 Å². The van der Waals surface area contributed by atoms with Gasteiger partial charge < -0.3 is 19.5 Å². The summed E-state index contributed by atoms with van der Waals surface area (Å²) in [5, 5.41) is 18.0. The van der Waals surface area contributed by atoms with E-state index in [0.29, 0.717) is 6.61 Å². The lowest BCUT2D eigenvalue weighted by molar-refractivity contribution is 0.216. The fourth-order valence-corrected chi connectivity index (χ4v) is 1.65. The molecule has 0 fully saturated rings. The zero-order valence-electron chi connectivity index (χ0n) is 10.7. The standard InChI is InChI=1S/C14H14BFO4/c16-12-8-11(15(17)18)9-14(10-12)20-7-6-19-13-4-2-1-3-5-13/h1-5,8-10,17-18H,6-7H2. The van der Waals surface area contributed by atoms with Gasteiger partial charge in [0.25, 0.3) is 0 Å². The molecule has 0 aliphatic rings. The van der Waals surface area contributed by atoms with Crippen LogP contribution in [0.15, 0.2) is 48.5 Å². The van der Waals surface area contributed by atoms with Gasteiger partial charge in [-0.15, -0.1) is 0 Å². The topological polar surface area (TPSA) is 58.9 Å². The fraction of sp³-hybridized carbons (Fsp3) is 0.143. The highest BCUT2D eigenvalue weighted by molar-refractivity contribution is 6.58. The van der Waals surface area contributed by atoms with E-state index in [2.05, 4.69) is 0 Å².